The van der Waals surface area contributed by atoms with Crippen LogP contribution in [0.25, 0.3) is 55.5 Å². The Morgan fingerprint density at radius 2 is 1.12 bits per heavy atom. The molecule has 69 heavy (non-hydrogen) atoms. The molecule has 0 amide bonds. The zero-order valence-corrected chi connectivity index (χ0v) is 43.7. The summed E-state index contributed by atoms with van der Waals surface area (Å²) in [5, 5.41) is 2.38. The van der Waals surface area contributed by atoms with Gasteiger partial charge >= 0.3 is 0 Å². The third-order valence-corrected chi connectivity index (χ3v) is 15.2. The van der Waals surface area contributed by atoms with Crippen molar-refractivity contribution < 1.29 is 9.30 Å². The third kappa shape index (κ3) is 6.62. The average Bonchev–Trinajstić information content (AvgIpc) is 3.89. The fourth-order valence-corrected chi connectivity index (χ4v) is 11.8. The molecule has 0 saturated carbocycles. The van der Waals surface area contributed by atoms with E-state index >= 15 is 0 Å². The molecule has 11 rings (SSSR count). The molecule has 0 bridgehead atoms. The maximum atomic E-state index is 7.11. The van der Waals surface area contributed by atoms with E-state index in [9.17, 15) is 0 Å². The average molecular weight is 909 g/mol. The lowest BCUT2D eigenvalue weighted by Crippen LogP contribution is -2.38. The van der Waals surface area contributed by atoms with Gasteiger partial charge in [-0.15, -0.1) is 0 Å². The number of para-hydroxylation sites is 2. The lowest BCUT2D eigenvalue weighted by atomic mass is 9.60. The molecule has 1 aliphatic heterocycles. The highest BCUT2D eigenvalue weighted by Gasteiger charge is 2.54. The van der Waals surface area contributed by atoms with Gasteiger partial charge in [-0.05, 0) is 125 Å². The zero-order chi connectivity index (χ0) is 49.1. The van der Waals surface area contributed by atoms with Gasteiger partial charge in [0.15, 0.2) is 0 Å². The maximum Gasteiger partial charge on any atom is 0.244 e. The third-order valence-electron chi connectivity index (χ3n) is 15.2. The van der Waals surface area contributed by atoms with Crippen LogP contribution in [0.4, 0.5) is 0 Å². The molecule has 0 saturated heterocycles. The van der Waals surface area contributed by atoms with Gasteiger partial charge in [-0.3, -0.25) is 4.57 Å². The molecular weight excluding hydrogens is 841 g/mol. The Morgan fingerprint density at radius 1 is 0.522 bits per heavy atom. The van der Waals surface area contributed by atoms with Gasteiger partial charge in [0.2, 0.25) is 6.33 Å². The second-order valence-corrected chi connectivity index (χ2v) is 25.2. The first-order valence-electron chi connectivity index (χ1n) is 24.9. The Labute approximate surface area is 409 Å². The number of hydrogen-bond acceptors (Lipinski definition) is 2. The van der Waals surface area contributed by atoms with Crippen molar-refractivity contribution in [2.75, 3.05) is 0 Å². The molecule has 1 aliphatic carbocycles. The van der Waals surface area contributed by atoms with Crippen LogP contribution < -0.4 is 9.30 Å². The van der Waals surface area contributed by atoms with Gasteiger partial charge in [0, 0.05) is 23.0 Å². The number of ether oxygens (including phenoxy) is 1. The molecule has 0 N–H and O–H groups in total. The van der Waals surface area contributed by atoms with Crippen LogP contribution in [0.15, 0.2) is 121 Å². The molecule has 0 radical (unpaired) electrons. The normalized spacial score (nSPS) is 14.5. The molecule has 0 fully saturated rings. The van der Waals surface area contributed by atoms with Gasteiger partial charge in [0.1, 0.15) is 17.3 Å². The van der Waals surface area contributed by atoms with Crippen molar-refractivity contribution in [3.05, 3.63) is 178 Å². The van der Waals surface area contributed by atoms with Crippen LogP contribution in [0, 0.1) is 6.33 Å². The molecule has 5 heteroatoms. The SMILES string of the molecule is C[n+]1[c-]n2c3c(cccc31)C1(c3ccc(Oc4ccc5c6cccc(C(C)(C)C)c6n(-c6ccccn6)c5c4)cc3-2)c2c(cc(C(C)(C)C)cc2C(C)(C)C)-c2cc(C(C)(C)C)cc(C(C)(C)C)c21. The van der Waals surface area contributed by atoms with Crippen molar-refractivity contribution in [3.63, 3.8) is 0 Å². The van der Waals surface area contributed by atoms with E-state index in [4.69, 9.17) is 9.72 Å². The van der Waals surface area contributed by atoms with Crippen molar-refractivity contribution >= 4 is 32.8 Å². The fraction of sp³-hybridized carbons (Fsp3) is 0.344. The molecule has 3 aromatic heterocycles. The number of rotatable bonds is 3. The number of nitrogens with zero attached hydrogens (tertiary/aromatic N) is 4. The van der Waals surface area contributed by atoms with Gasteiger partial charge in [0.25, 0.3) is 0 Å². The highest BCUT2D eigenvalue weighted by atomic mass is 16.5. The van der Waals surface area contributed by atoms with Crippen LogP contribution in [0.1, 0.15) is 154 Å². The van der Waals surface area contributed by atoms with Gasteiger partial charge in [0.05, 0.1) is 40.2 Å². The highest BCUT2D eigenvalue weighted by Crippen LogP contribution is 2.65. The Balaban J connectivity index is 1.22. The Hall–Kier alpha value is -6.46. The summed E-state index contributed by atoms with van der Waals surface area (Å²) < 4.78 is 13.9. The minimum absolute atomic E-state index is 0.0581. The number of aromatic nitrogens is 4. The summed E-state index contributed by atoms with van der Waals surface area (Å²) in [6.07, 6.45) is 5.67. The number of hydrogen-bond donors (Lipinski definition) is 0. The van der Waals surface area contributed by atoms with Crippen molar-refractivity contribution in [2.24, 2.45) is 7.05 Å². The summed E-state index contributed by atoms with van der Waals surface area (Å²) in [6, 6.07) is 43.4. The maximum absolute atomic E-state index is 7.11. The summed E-state index contributed by atoms with van der Waals surface area (Å²) in [5.74, 6) is 2.42. The second kappa shape index (κ2) is 14.5. The number of fused-ring (bicyclic) bond motifs is 12. The molecule has 4 heterocycles. The number of pyridine rings is 1. The van der Waals surface area contributed by atoms with E-state index in [0.717, 1.165) is 34.0 Å². The summed E-state index contributed by atoms with van der Waals surface area (Å²) in [7, 11) is 2.13. The van der Waals surface area contributed by atoms with Gasteiger partial charge in [-0.25, -0.2) is 4.98 Å². The first kappa shape index (κ1) is 45.0. The standard InChI is InChI=1S/C64H68N4O/c1-59(2,3)38-31-44-45-32-39(60(4,5)6)34-50(63(13,14)15)56(45)64(55(44)49(33-38)62(10,11)12)46-29-27-41(36-53(46)67-37-66(16)51-24-20-23-48(64)58(51)67)69-40-26-28-42-43-21-19-22-47(61(7,8)9)57(43)68(52(42)35-40)54-25-17-18-30-65-54/h17-36H,1-16H3. The number of aryl methyl sites for hydroxylation is 1. The molecule has 5 nitrogen and oxygen atoms in total. The Kier molecular flexibility index (Phi) is 9.49. The van der Waals surface area contributed by atoms with Crippen molar-refractivity contribution in [1.29, 1.82) is 0 Å². The topological polar surface area (TPSA) is 35.9 Å². The first-order chi connectivity index (χ1) is 32.3. The van der Waals surface area contributed by atoms with Crippen LogP contribution >= 0.6 is 0 Å². The summed E-state index contributed by atoms with van der Waals surface area (Å²) in [4.78, 5) is 4.90. The van der Waals surface area contributed by atoms with E-state index in [2.05, 4.69) is 240 Å². The lowest BCUT2D eigenvalue weighted by Gasteiger charge is -2.45. The molecule has 2 aliphatic rings. The molecular formula is C64H68N4O. The van der Waals surface area contributed by atoms with E-state index in [1.807, 2.05) is 12.3 Å². The molecule has 9 aromatic rings. The number of benzene rings is 6. The van der Waals surface area contributed by atoms with Crippen molar-refractivity contribution in [2.45, 2.75) is 136 Å². The van der Waals surface area contributed by atoms with Crippen LogP contribution in [-0.2, 0) is 39.5 Å². The van der Waals surface area contributed by atoms with Gasteiger partial charge in [-0.1, -0.05) is 177 Å². The highest BCUT2D eigenvalue weighted by molar-refractivity contribution is 6.11. The van der Waals surface area contributed by atoms with E-state index in [1.165, 1.54) is 83.0 Å². The van der Waals surface area contributed by atoms with Crippen LogP contribution in [0.3, 0.4) is 0 Å². The van der Waals surface area contributed by atoms with Crippen LogP contribution in [0.5, 0.6) is 11.5 Å². The van der Waals surface area contributed by atoms with E-state index in [-0.39, 0.29) is 27.1 Å². The minimum atomic E-state index is -0.654. The van der Waals surface area contributed by atoms with Crippen LogP contribution in [0.2, 0.25) is 0 Å². The number of imidazole rings is 1. The molecule has 0 atom stereocenters. The smallest absolute Gasteiger partial charge is 0.244 e. The molecule has 350 valence electrons. The van der Waals surface area contributed by atoms with E-state index < -0.39 is 5.41 Å². The van der Waals surface area contributed by atoms with Crippen molar-refractivity contribution in [3.8, 4) is 34.1 Å². The van der Waals surface area contributed by atoms with Gasteiger partial charge in [-0.2, -0.15) is 0 Å². The van der Waals surface area contributed by atoms with E-state index in [0.29, 0.717) is 0 Å². The molecule has 6 aromatic carbocycles. The Morgan fingerprint density at radius 3 is 1.70 bits per heavy atom. The van der Waals surface area contributed by atoms with Gasteiger partial charge < -0.3 is 13.9 Å². The molecule has 0 unspecified atom stereocenters. The predicted molar refractivity (Wildman–Crippen MR) is 286 cm³/mol. The summed E-state index contributed by atoms with van der Waals surface area (Å²) >= 11 is 0. The lowest BCUT2D eigenvalue weighted by molar-refractivity contribution is -0.649. The largest absolute Gasteiger partial charge is 0.458 e. The summed E-state index contributed by atoms with van der Waals surface area (Å²) in [6.45, 7) is 35.5. The minimum Gasteiger partial charge on any atom is -0.458 e. The van der Waals surface area contributed by atoms with Crippen LogP contribution in [-0.4, -0.2) is 14.1 Å². The zero-order valence-electron chi connectivity index (χ0n) is 43.7. The first-order valence-corrected chi connectivity index (χ1v) is 24.9. The fourth-order valence-electron chi connectivity index (χ4n) is 11.8. The predicted octanol–water partition coefficient (Wildman–Crippen LogP) is 15.7. The quantitative estimate of drug-likeness (QED) is 0.131. The molecule has 1 spiro atoms. The van der Waals surface area contributed by atoms with Crippen molar-refractivity contribution in [1.82, 2.24) is 14.1 Å². The summed E-state index contributed by atoms with van der Waals surface area (Å²) in [5.41, 5.74) is 19.3. The van der Waals surface area contributed by atoms with E-state index in [1.54, 1.807) is 0 Å². The second-order valence-electron chi connectivity index (χ2n) is 25.2. The monoisotopic (exact) mass is 909 g/mol. The Bertz CT molecular complexity index is 3520.